The van der Waals surface area contributed by atoms with Gasteiger partial charge in [-0.3, -0.25) is 0 Å². The molecule has 0 aromatic heterocycles. The Hall–Kier alpha value is 1.05. The van der Waals surface area contributed by atoms with Crippen molar-refractivity contribution in [1.82, 2.24) is 0 Å². The van der Waals surface area contributed by atoms with Crippen molar-refractivity contribution in [3.05, 3.63) is 0 Å². The minimum Gasteiger partial charge on any atom is -0.205 e. The molecule has 0 aliphatic rings. The van der Waals surface area contributed by atoms with E-state index in [0.29, 0.717) is 0 Å². The summed E-state index contributed by atoms with van der Waals surface area (Å²) in [7, 11) is -3.50. The first-order valence-corrected chi connectivity index (χ1v) is 7.94. The summed E-state index contributed by atoms with van der Waals surface area (Å²) in [6, 6.07) is 0. The van der Waals surface area contributed by atoms with Crippen LogP contribution in [-0.4, -0.2) is 14.7 Å². The number of hydrogen-bond acceptors (Lipinski definition) is 2. The van der Waals surface area contributed by atoms with E-state index in [2.05, 4.69) is 4.15 Å². The largest absolute Gasteiger partial charge is 0.252 e. The first-order valence-electron chi connectivity index (χ1n) is 1.63. The van der Waals surface area contributed by atoms with Crippen molar-refractivity contribution in [3.63, 3.8) is 0 Å². The van der Waals surface area contributed by atoms with Gasteiger partial charge >= 0.3 is 0 Å². The van der Waals surface area contributed by atoms with Crippen molar-refractivity contribution in [1.29, 1.82) is 0 Å². The molecule has 0 heterocycles. The molecule has 9 heavy (non-hydrogen) atoms. The van der Waals surface area contributed by atoms with E-state index in [1.807, 2.05) is 0 Å². The number of rotatable bonds is 1. The van der Waals surface area contributed by atoms with Gasteiger partial charge in [-0.1, -0.05) is 0 Å². The lowest BCUT2D eigenvalue weighted by Gasteiger charge is -1.92. The predicted molar refractivity (Wildman–Crippen MR) is 41.8 cm³/mol. The lowest BCUT2D eigenvalue weighted by atomic mass is 12.0. The van der Waals surface area contributed by atoms with E-state index in [9.17, 15) is 8.42 Å². The monoisotopic (exact) mass is 229 g/mol. The molecule has 0 unspecified atom stereocenters. The minimum absolute atomic E-state index is 0.870. The number of nitrogens with zero attached hydrogens (tertiary/aromatic N) is 1. The van der Waals surface area contributed by atoms with Crippen molar-refractivity contribution in [2.75, 3.05) is 6.26 Å². The lowest BCUT2D eigenvalue weighted by Crippen LogP contribution is -1.85. The second-order valence-electron chi connectivity index (χ2n) is 1.23. The van der Waals surface area contributed by atoms with Crippen molar-refractivity contribution in [3.8, 4) is 0 Å². The van der Waals surface area contributed by atoms with Crippen LogP contribution in [0.25, 0.3) is 0 Å². The zero-order valence-corrected chi connectivity index (χ0v) is 8.23. The van der Waals surface area contributed by atoms with Gasteiger partial charge in [0.25, 0.3) is 10.0 Å². The standard InChI is InChI=1S/CH3Cl3NO2PS/c1-9(6,7)5-8(2,3)4/h1H3. The number of halogens is 3. The zero-order chi connectivity index (χ0) is 7.71. The summed E-state index contributed by atoms with van der Waals surface area (Å²) >= 11 is 15.3. The molecule has 0 bridgehead atoms. The molecule has 0 radical (unpaired) electrons. The first-order chi connectivity index (χ1) is 3.71. The summed E-state index contributed by atoms with van der Waals surface area (Å²) in [6.07, 6.45) is 0.870. The highest BCUT2D eigenvalue weighted by molar-refractivity contribution is 8.28. The van der Waals surface area contributed by atoms with E-state index in [1.165, 1.54) is 0 Å². The Labute approximate surface area is 67.8 Å². The SMILES string of the molecule is CS(=O)(=O)N=P(Cl)(Cl)Cl. The average Bonchev–Trinajstić information content (AvgIpc) is 1.14. The van der Waals surface area contributed by atoms with Gasteiger partial charge in [-0.25, -0.2) is 8.42 Å². The van der Waals surface area contributed by atoms with Gasteiger partial charge in [0.2, 0.25) is 5.11 Å². The molecule has 3 nitrogen and oxygen atoms in total. The van der Waals surface area contributed by atoms with Crippen molar-refractivity contribution in [2.45, 2.75) is 0 Å². The van der Waals surface area contributed by atoms with Crippen LogP contribution < -0.4 is 0 Å². The molecule has 0 fully saturated rings. The van der Waals surface area contributed by atoms with Gasteiger partial charge in [0.05, 0.1) is 6.26 Å². The summed E-state index contributed by atoms with van der Waals surface area (Å²) in [5, 5.41) is -3.08. The first kappa shape index (κ1) is 10.0. The molecule has 0 atom stereocenters. The van der Waals surface area contributed by atoms with Crippen LogP contribution in [0.3, 0.4) is 0 Å². The predicted octanol–water partition coefficient (Wildman–Crippen LogP) is 2.61. The normalized spacial score (nSPS) is 13.3. The second-order valence-corrected chi connectivity index (χ2v) is 10.1. The Morgan fingerprint density at radius 1 is 1.33 bits per heavy atom. The Balaban J connectivity index is 4.76. The third-order valence-corrected chi connectivity index (χ3v) is 3.83. The van der Waals surface area contributed by atoms with Gasteiger partial charge < -0.3 is 0 Å². The fourth-order valence-corrected chi connectivity index (χ4v) is 4.54. The smallest absolute Gasteiger partial charge is 0.205 e. The summed E-state index contributed by atoms with van der Waals surface area (Å²) < 4.78 is 23.4. The van der Waals surface area contributed by atoms with Gasteiger partial charge in [0.1, 0.15) is 0 Å². The maximum atomic E-state index is 10.3. The van der Waals surface area contributed by atoms with Crippen LogP contribution in [-0.2, 0) is 10.0 Å². The third kappa shape index (κ3) is 9.05. The highest BCUT2D eigenvalue weighted by Crippen LogP contribution is 2.65. The topological polar surface area (TPSA) is 46.5 Å². The van der Waals surface area contributed by atoms with E-state index < -0.39 is 15.1 Å². The maximum Gasteiger partial charge on any atom is 0.252 e. The molecule has 0 aromatic carbocycles. The maximum absolute atomic E-state index is 10.3. The van der Waals surface area contributed by atoms with Crippen LogP contribution >= 0.6 is 38.8 Å². The average molecular weight is 230 g/mol. The fourth-order valence-electron chi connectivity index (χ4n) is 0.168. The molecule has 0 spiro atoms. The van der Waals surface area contributed by atoms with Crippen molar-refractivity contribution >= 4 is 48.9 Å². The molecule has 8 heteroatoms. The van der Waals surface area contributed by atoms with Gasteiger partial charge in [-0.2, -0.15) is 0 Å². The second kappa shape index (κ2) is 2.97. The third-order valence-electron chi connectivity index (χ3n) is 0.241. The molecule has 56 valence electrons. The van der Waals surface area contributed by atoms with Gasteiger partial charge in [-0.15, -0.1) is 4.15 Å². The highest BCUT2D eigenvalue weighted by Gasteiger charge is 2.09. The molecule has 0 aliphatic carbocycles. The molecule has 0 amide bonds. The van der Waals surface area contributed by atoms with Gasteiger partial charge in [0.15, 0.2) is 0 Å². The Morgan fingerprint density at radius 3 is 1.67 bits per heavy atom. The molecule has 0 aliphatic heterocycles. The molecular weight excluding hydrogens is 227 g/mol. The van der Waals surface area contributed by atoms with Crippen LogP contribution in [0.1, 0.15) is 0 Å². The zero-order valence-electron chi connectivity index (χ0n) is 4.25. The van der Waals surface area contributed by atoms with Gasteiger partial charge in [-0.05, 0) is 33.7 Å². The van der Waals surface area contributed by atoms with E-state index in [0.717, 1.165) is 6.26 Å². The highest BCUT2D eigenvalue weighted by atomic mass is 36.0. The molecule has 0 rings (SSSR count). The van der Waals surface area contributed by atoms with Crippen LogP contribution in [0.5, 0.6) is 0 Å². The summed E-state index contributed by atoms with van der Waals surface area (Å²) in [4.78, 5) is 0. The molecule has 0 saturated carbocycles. The van der Waals surface area contributed by atoms with Crippen LogP contribution in [0, 0.1) is 0 Å². The van der Waals surface area contributed by atoms with E-state index in [4.69, 9.17) is 33.7 Å². The number of hydrogen-bond donors (Lipinski definition) is 0. The lowest BCUT2D eigenvalue weighted by molar-refractivity contribution is 0.604. The number of sulfonamides is 1. The van der Waals surface area contributed by atoms with E-state index >= 15 is 0 Å². The molecule has 0 N–H and O–H groups in total. The molecule has 0 aromatic rings. The molecular formula is CH3Cl3NO2PS. The Morgan fingerprint density at radius 2 is 1.67 bits per heavy atom. The van der Waals surface area contributed by atoms with E-state index in [-0.39, 0.29) is 0 Å². The van der Waals surface area contributed by atoms with Gasteiger partial charge in [0, 0.05) is 0 Å². The Bertz CT molecular complexity index is 230. The quantitative estimate of drug-likeness (QED) is 0.650. The van der Waals surface area contributed by atoms with E-state index in [1.54, 1.807) is 0 Å². The van der Waals surface area contributed by atoms with Crippen LogP contribution in [0.2, 0.25) is 0 Å². The summed E-state index contributed by atoms with van der Waals surface area (Å²) in [6.45, 7) is 0. The summed E-state index contributed by atoms with van der Waals surface area (Å²) in [5.74, 6) is 0. The summed E-state index contributed by atoms with van der Waals surface area (Å²) in [5.41, 5.74) is 0. The minimum atomic E-state index is -3.50. The Kier molecular flexibility index (Phi) is 3.32. The molecule has 0 saturated heterocycles. The van der Waals surface area contributed by atoms with Crippen LogP contribution in [0.15, 0.2) is 4.15 Å². The van der Waals surface area contributed by atoms with Crippen LogP contribution in [0.4, 0.5) is 0 Å². The van der Waals surface area contributed by atoms with Crippen molar-refractivity contribution in [2.24, 2.45) is 4.15 Å². The van der Waals surface area contributed by atoms with Crippen molar-refractivity contribution < 1.29 is 8.42 Å². The fraction of sp³-hybridized carbons (Fsp3) is 1.00.